The smallest absolute Gasteiger partial charge is 0.335 e. The third-order valence-electron chi connectivity index (χ3n) is 4.89. The van der Waals surface area contributed by atoms with Crippen LogP contribution in [0.25, 0.3) is 0 Å². The second-order valence-electron chi connectivity index (χ2n) is 6.65. The van der Waals surface area contributed by atoms with Crippen LogP contribution in [0.1, 0.15) is 52.6 Å². The lowest BCUT2D eigenvalue weighted by Crippen LogP contribution is -2.36. The number of thiophene rings is 1. The second-order valence-corrected chi connectivity index (χ2v) is 7.63. The average Bonchev–Trinajstić information content (AvgIpc) is 3.31. The van der Waals surface area contributed by atoms with E-state index in [-0.39, 0.29) is 17.5 Å². The number of hydrogen-bond acceptors (Lipinski definition) is 4. The van der Waals surface area contributed by atoms with Gasteiger partial charge in [-0.25, -0.2) is 4.79 Å². The number of carbonyl (C=O) groups is 2. The van der Waals surface area contributed by atoms with Crippen molar-refractivity contribution >= 4 is 23.2 Å². The van der Waals surface area contributed by atoms with E-state index in [0.717, 1.165) is 29.8 Å². The molecule has 0 bridgehead atoms. The molecule has 0 radical (unpaired) electrons. The van der Waals surface area contributed by atoms with E-state index in [1.54, 1.807) is 24.3 Å². The first kappa shape index (κ1) is 18.6. The third kappa shape index (κ3) is 4.51. The zero-order valence-electron chi connectivity index (χ0n) is 14.5. The molecular weight excluding hydrogens is 350 g/mol. The molecule has 0 saturated carbocycles. The van der Waals surface area contributed by atoms with E-state index in [1.807, 2.05) is 22.4 Å². The predicted octanol–water partition coefficient (Wildman–Crippen LogP) is 3.49. The summed E-state index contributed by atoms with van der Waals surface area (Å²) in [6.45, 7) is 0.749. The Morgan fingerprint density at radius 2 is 2.00 bits per heavy atom. The standard InChI is InChI=1S/C20H23NO4S/c22-17(18-4-2-12-26-18)13-16-3-1-11-21(16)19(23)10-7-14-5-8-15(9-6-14)20(24)25/h2,4-6,8-9,12,16-17,22H,1,3,7,10-11,13H2,(H,24,25). The maximum absolute atomic E-state index is 12.6. The van der Waals surface area contributed by atoms with Gasteiger partial charge in [-0.1, -0.05) is 18.2 Å². The molecule has 5 nitrogen and oxygen atoms in total. The Labute approximate surface area is 156 Å². The topological polar surface area (TPSA) is 77.8 Å². The number of benzene rings is 1. The number of aliphatic hydroxyl groups is 1. The van der Waals surface area contributed by atoms with Crippen molar-refractivity contribution in [3.05, 3.63) is 57.8 Å². The van der Waals surface area contributed by atoms with Crippen molar-refractivity contribution in [2.24, 2.45) is 0 Å². The molecule has 2 atom stereocenters. The molecule has 2 N–H and O–H groups in total. The quantitative estimate of drug-likeness (QED) is 0.779. The molecule has 1 amide bonds. The van der Waals surface area contributed by atoms with Gasteiger partial charge in [0.15, 0.2) is 0 Å². The zero-order valence-corrected chi connectivity index (χ0v) is 15.3. The summed E-state index contributed by atoms with van der Waals surface area (Å²) in [5, 5.41) is 21.2. The number of rotatable bonds is 7. The largest absolute Gasteiger partial charge is 0.478 e. The summed E-state index contributed by atoms with van der Waals surface area (Å²) in [6, 6.07) is 10.6. The molecular formula is C20H23NO4S. The summed E-state index contributed by atoms with van der Waals surface area (Å²) in [7, 11) is 0. The highest BCUT2D eigenvalue weighted by atomic mass is 32.1. The van der Waals surface area contributed by atoms with E-state index in [4.69, 9.17) is 5.11 Å². The van der Waals surface area contributed by atoms with Crippen molar-refractivity contribution in [1.29, 1.82) is 0 Å². The Morgan fingerprint density at radius 3 is 2.65 bits per heavy atom. The number of carbonyl (C=O) groups excluding carboxylic acids is 1. The number of aromatic carboxylic acids is 1. The van der Waals surface area contributed by atoms with Gasteiger partial charge in [0.25, 0.3) is 0 Å². The Balaban J connectivity index is 1.53. The molecule has 0 spiro atoms. The zero-order chi connectivity index (χ0) is 18.5. The lowest BCUT2D eigenvalue weighted by Gasteiger charge is -2.26. The van der Waals surface area contributed by atoms with Crippen molar-refractivity contribution in [3.8, 4) is 0 Å². The predicted molar refractivity (Wildman–Crippen MR) is 100 cm³/mol. The number of carboxylic acid groups (broad SMARTS) is 1. The molecule has 1 saturated heterocycles. The summed E-state index contributed by atoms with van der Waals surface area (Å²) in [4.78, 5) is 26.4. The van der Waals surface area contributed by atoms with Crippen molar-refractivity contribution in [2.75, 3.05) is 6.54 Å². The first-order valence-corrected chi connectivity index (χ1v) is 9.75. The van der Waals surface area contributed by atoms with Crippen LogP contribution in [0.2, 0.25) is 0 Å². The number of amides is 1. The molecule has 1 aliphatic rings. The Hall–Kier alpha value is -2.18. The lowest BCUT2D eigenvalue weighted by molar-refractivity contribution is -0.132. The highest BCUT2D eigenvalue weighted by molar-refractivity contribution is 7.10. The molecule has 1 aromatic heterocycles. The van der Waals surface area contributed by atoms with E-state index in [2.05, 4.69) is 0 Å². The first-order valence-electron chi connectivity index (χ1n) is 8.88. The molecule has 6 heteroatoms. The fraction of sp³-hybridized carbons (Fsp3) is 0.400. The van der Waals surface area contributed by atoms with E-state index >= 15 is 0 Å². The van der Waals surface area contributed by atoms with Crippen molar-refractivity contribution in [1.82, 2.24) is 4.90 Å². The minimum atomic E-state index is -0.947. The van der Waals surface area contributed by atoms with Crippen molar-refractivity contribution < 1.29 is 19.8 Å². The summed E-state index contributed by atoms with van der Waals surface area (Å²) in [5.41, 5.74) is 1.21. The molecule has 26 heavy (non-hydrogen) atoms. The van der Waals surface area contributed by atoms with Gasteiger partial charge in [-0.15, -0.1) is 11.3 Å². The van der Waals surface area contributed by atoms with Crippen LogP contribution in [0.15, 0.2) is 41.8 Å². The molecule has 2 aromatic rings. The summed E-state index contributed by atoms with van der Waals surface area (Å²) >= 11 is 1.54. The molecule has 3 rings (SSSR count). The van der Waals surface area contributed by atoms with Crippen LogP contribution in [0.4, 0.5) is 0 Å². The minimum Gasteiger partial charge on any atom is -0.478 e. The van der Waals surface area contributed by atoms with Gasteiger partial charge < -0.3 is 15.1 Å². The molecule has 2 heterocycles. The van der Waals surface area contributed by atoms with Gasteiger partial charge in [0.1, 0.15) is 0 Å². The monoisotopic (exact) mass is 373 g/mol. The maximum atomic E-state index is 12.6. The molecule has 138 valence electrons. The SMILES string of the molecule is O=C(O)c1ccc(CCC(=O)N2CCCC2CC(O)c2cccs2)cc1. The fourth-order valence-electron chi connectivity index (χ4n) is 3.47. The fourth-order valence-corrected chi connectivity index (χ4v) is 4.20. The van der Waals surface area contributed by atoms with Crippen molar-refractivity contribution in [3.63, 3.8) is 0 Å². The van der Waals surface area contributed by atoms with Gasteiger partial charge >= 0.3 is 5.97 Å². The Kier molecular flexibility index (Phi) is 6.06. The molecule has 0 aliphatic carbocycles. The van der Waals surface area contributed by atoms with Gasteiger partial charge in [-0.3, -0.25) is 4.79 Å². The summed E-state index contributed by atoms with van der Waals surface area (Å²) < 4.78 is 0. The van der Waals surface area contributed by atoms with Crippen molar-refractivity contribution in [2.45, 2.75) is 44.2 Å². The van der Waals surface area contributed by atoms with Gasteiger partial charge in [0.2, 0.25) is 5.91 Å². The van der Waals surface area contributed by atoms with E-state index in [0.29, 0.717) is 19.3 Å². The van der Waals surface area contributed by atoms with Gasteiger partial charge in [0.05, 0.1) is 11.7 Å². The molecule has 2 unspecified atom stereocenters. The van der Waals surface area contributed by atoms with Crippen LogP contribution in [0.5, 0.6) is 0 Å². The van der Waals surface area contributed by atoms with Crippen LogP contribution >= 0.6 is 11.3 Å². The first-order chi connectivity index (χ1) is 12.5. The maximum Gasteiger partial charge on any atom is 0.335 e. The van der Waals surface area contributed by atoms with Crippen LogP contribution in [-0.4, -0.2) is 39.6 Å². The Morgan fingerprint density at radius 1 is 1.23 bits per heavy atom. The molecule has 1 aliphatic heterocycles. The van der Waals surface area contributed by atoms with Crippen LogP contribution in [0, 0.1) is 0 Å². The summed E-state index contributed by atoms with van der Waals surface area (Å²) in [5.74, 6) is -0.843. The number of aryl methyl sites for hydroxylation is 1. The van der Waals surface area contributed by atoms with E-state index in [1.165, 1.54) is 11.3 Å². The molecule has 1 aromatic carbocycles. The van der Waals surface area contributed by atoms with Gasteiger partial charge in [-0.2, -0.15) is 0 Å². The highest BCUT2D eigenvalue weighted by Gasteiger charge is 2.30. The van der Waals surface area contributed by atoms with Gasteiger partial charge in [0, 0.05) is 23.9 Å². The molecule has 1 fully saturated rings. The lowest BCUT2D eigenvalue weighted by atomic mass is 10.0. The van der Waals surface area contributed by atoms with Crippen LogP contribution in [0.3, 0.4) is 0 Å². The minimum absolute atomic E-state index is 0.0917. The van der Waals surface area contributed by atoms with Crippen LogP contribution in [-0.2, 0) is 11.2 Å². The highest BCUT2D eigenvalue weighted by Crippen LogP contribution is 2.30. The number of nitrogens with zero attached hydrogens (tertiary/aromatic N) is 1. The third-order valence-corrected chi connectivity index (χ3v) is 5.87. The van der Waals surface area contributed by atoms with Gasteiger partial charge in [-0.05, 0) is 54.8 Å². The van der Waals surface area contributed by atoms with E-state index in [9.17, 15) is 14.7 Å². The van der Waals surface area contributed by atoms with Crippen LogP contribution < -0.4 is 0 Å². The normalized spacial score (nSPS) is 18.0. The second kappa shape index (κ2) is 8.47. The number of aliphatic hydroxyl groups excluding tert-OH is 1. The number of hydrogen-bond donors (Lipinski definition) is 2. The van der Waals surface area contributed by atoms with E-state index < -0.39 is 12.1 Å². The average molecular weight is 373 g/mol. The Bertz CT molecular complexity index is 742. The number of likely N-dealkylation sites (tertiary alicyclic amines) is 1. The summed E-state index contributed by atoms with van der Waals surface area (Å²) in [6.07, 6.45) is 2.96. The number of carboxylic acids is 1.